The van der Waals surface area contributed by atoms with Gasteiger partial charge in [-0.1, -0.05) is 54.1 Å². The number of halogens is 1. The number of hydrogen-bond donors (Lipinski definition) is 0. The minimum atomic E-state index is -3.28. The highest BCUT2D eigenvalue weighted by atomic mass is 35.5. The molecule has 0 N–H and O–H groups in total. The molecule has 1 fully saturated rings. The molecule has 1 aliphatic heterocycles. The molecule has 4 nitrogen and oxygen atoms in total. The second-order valence-corrected chi connectivity index (χ2v) is 8.70. The summed E-state index contributed by atoms with van der Waals surface area (Å²) >= 11 is 6.03. The molecule has 1 atom stereocenters. The number of benzene rings is 2. The first-order valence-corrected chi connectivity index (χ1v) is 10.4. The van der Waals surface area contributed by atoms with Crippen molar-refractivity contribution in [2.75, 3.05) is 25.4 Å². The summed E-state index contributed by atoms with van der Waals surface area (Å²) in [6.07, 6.45) is 1.12. The van der Waals surface area contributed by atoms with Gasteiger partial charge in [-0.2, -0.15) is 4.31 Å². The molecule has 1 saturated heterocycles. The van der Waals surface area contributed by atoms with Crippen molar-refractivity contribution in [2.24, 2.45) is 0 Å². The molecule has 0 radical (unpaired) electrons. The Balaban J connectivity index is 1.59. The summed E-state index contributed by atoms with van der Waals surface area (Å²) in [6.45, 7) is 1.15. The van der Waals surface area contributed by atoms with Crippen molar-refractivity contribution in [1.29, 1.82) is 0 Å². The molecule has 1 aliphatic rings. The van der Waals surface area contributed by atoms with Crippen LogP contribution in [-0.2, 0) is 21.2 Å². The fourth-order valence-corrected chi connectivity index (χ4v) is 4.70. The molecule has 6 heteroatoms. The summed E-state index contributed by atoms with van der Waals surface area (Å²) in [4.78, 5) is 0. The van der Waals surface area contributed by atoms with Crippen LogP contribution in [0.3, 0.4) is 0 Å². The molecule has 1 unspecified atom stereocenters. The van der Waals surface area contributed by atoms with Crippen molar-refractivity contribution in [3.8, 4) is 0 Å². The van der Waals surface area contributed by atoms with E-state index in [-0.39, 0.29) is 11.9 Å². The summed E-state index contributed by atoms with van der Waals surface area (Å²) in [5.74, 6) is 0.157. The average molecular weight is 380 g/mol. The normalized spacial score (nSPS) is 19.0. The molecule has 134 valence electrons. The first-order chi connectivity index (χ1) is 12.0. The fourth-order valence-electron chi connectivity index (χ4n) is 3.02. The molecule has 0 aromatic heterocycles. The van der Waals surface area contributed by atoms with Crippen molar-refractivity contribution >= 4 is 21.6 Å². The van der Waals surface area contributed by atoms with Crippen molar-refractivity contribution in [1.82, 2.24) is 4.31 Å². The lowest BCUT2D eigenvalue weighted by molar-refractivity contribution is -0.00254. The van der Waals surface area contributed by atoms with E-state index in [2.05, 4.69) is 0 Å². The van der Waals surface area contributed by atoms with Gasteiger partial charge in [0.15, 0.2) is 0 Å². The predicted molar refractivity (Wildman–Crippen MR) is 100 cm³/mol. The second kappa shape index (κ2) is 8.32. The van der Waals surface area contributed by atoms with Crippen LogP contribution >= 0.6 is 11.6 Å². The minimum Gasteiger partial charge on any atom is -0.371 e. The first-order valence-electron chi connectivity index (χ1n) is 8.43. The van der Waals surface area contributed by atoms with Gasteiger partial charge >= 0.3 is 0 Å². The van der Waals surface area contributed by atoms with Gasteiger partial charge in [0.1, 0.15) is 0 Å². The van der Waals surface area contributed by atoms with Crippen LogP contribution < -0.4 is 0 Å². The number of rotatable bonds is 6. The van der Waals surface area contributed by atoms with Gasteiger partial charge in [-0.25, -0.2) is 8.42 Å². The number of sulfonamides is 1. The highest BCUT2D eigenvalue weighted by Gasteiger charge is 2.29. The summed E-state index contributed by atoms with van der Waals surface area (Å²) < 4.78 is 32.6. The van der Waals surface area contributed by atoms with Crippen LogP contribution in [0.4, 0.5) is 0 Å². The highest BCUT2D eigenvalue weighted by Crippen LogP contribution is 2.26. The first kappa shape index (κ1) is 18.4. The van der Waals surface area contributed by atoms with Gasteiger partial charge in [-0.15, -0.1) is 0 Å². The molecular weight excluding hydrogens is 358 g/mol. The van der Waals surface area contributed by atoms with E-state index in [0.29, 0.717) is 31.1 Å². The van der Waals surface area contributed by atoms with Gasteiger partial charge < -0.3 is 4.74 Å². The molecule has 1 heterocycles. The van der Waals surface area contributed by atoms with E-state index in [1.165, 1.54) is 0 Å². The average Bonchev–Trinajstić information content (AvgIpc) is 2.63. The number of aryl methyl sites for hydroxylation is 1. The minimum absolute atomic E-state index is 0.157. The van der Waals surface area contributed by atoms with E-state index < -0.39 is 10.0 Å². The Labute approximate surface area is 154 Å². The molecular formula is C19H22ClNO3S. The third-order valence-electron chi connectivity index (χ3n) is 4.35. The molecule has 0 bridgehead atoms. The van der Waals surface area contributed by atoms with Gasteiger partial charge in [0.05, 0.1) is 18.5 Å². The maximum absolute atomic E-state index is 12.7. The lowest BCUT2D eigenvalue weighted by Crippen LogP contribution is -2.43. The Bertz CT molecular complexity index is 795. The standard InChI is InChI=1S/C19H22ClNO3S/c20-18-10-4-9-17(14-18)19-15-21(11-12-24-19)25(22,23)13-5-8-16-6-2-1-3-7-16/h1-4,6-7,9-10,14,19H,5,8,11-13,15H2. The number of nitrogens with zero attached hydrogens (tertiary/aromatic N) is 1. The molecule has 0 saturated carbocycles. The number of hydrogen-bond acceptors (Lipinski definition) is 3. The van der Waals surface area contributed by atoms with Crippen LogP contribution in [0.25, 0.3) is 0 Å². The zero-order chi connectivity index (χ0) is 17.7. The lowest BCUT2D eigenvalue weighted by Gasteiger charge is -2.32. The van der Waals surface area contributed by atoms with E-state index in [0.717, 1.165) is 17.5 Å². The molecule has 2 aromatic rings. The molecule has 0 amide bonds. The summed E-state index contributed by atoms with van der Waals surface area (Å²) in [5, 5.41) is 0.629. The molecule has 3 rings (SSSR count). The third-order valence-corrected chi connectivity index (χ3v) is 6.51. The lowest BCUT2D eigenvalue weighted by atomic mass is 10.1. The van der Waals surface area contributed by atoms with Crippen LogP contribution in [-0.4, -0.2) is 38.2 Å². The topological polar surface area (TPSA) is 46.6 Å². The van der Waals surface area contributed by atoms with Gasteiger partial charge in [-0.3, -0.25) is 0 Å². The van der Waals surface area contributed by atoms with E-state index in [1.807, 2.05) is 48.5 Å². The molecule has 2 aromatic carbocycles. The van der Waals surface area contributed by atoms with Crippen LogP contribution in [0.1, 0.15) is 23.7 Å². The van der Waals surface area contributed by atoms with Crippen molar-refractivity contribution < 1.29 is 13.2 Å². The van der Waals surface area contributed by atoms with Crippen molar-refractivity contribution in [3.63, 3.8) is 0 Å². The predicted octanol–water partition coefficient (Wildman–Crippen LogP) is 3.68. The maximum atomic E-state index is 12.7. The monoisotopic (exact) mass is 379 g/mol. The van der Waals surface area contributed by atoms with E-state index in [4.69, 9.17) is 16.3 Å². The Morgan fingerprint density at radius 1 is 1.12 bits per heavy atom. The number of morpholine rings is 1. The van der Waals surface area contributed by atoms with Gasteiger partial charge in [0.25, 0.3) is 0 Å². The fraction of sp³-hybridized carbons (Fsp3) is 0.368. The zero-order valence-electron chi connectivity index (χ0n) is 14.0. The molecule has 0 spiro atoms. The van der Waals surface area contributed by atoms with Crippen LogP contribution in [0.15, 0.2) is 54.6 Å². The van der Waals surface area contributed by atoms with Gasteiger partial charge in [0, 0.05) is 18.1 Å². The Morgan fingerprint density at radius 2 is 1.92 bits per heavy atom. The summed E-state index contributed by atoms with van der Waals surface area (Å²) in [6, 6.07) is 17.4. The van der Waals surface area contributed by atoms with Crippen LogP contribution in [0.2, 0.25) is 5.02 Å². The quantitative estimate of drug-likeness (QED) is 0.769. The molecule has 0 aliphatic carbocycles. The van der Waals surface area contributed by atoms with Crippen molar-refractivity contribution in [2.45, 2.75) is 18.9 Å². The Hall–Kier alpha value is -1.40. The summed E-state index contributed by atoms with van der Waals surface area (Å²) in [5.41, 5.74) is 2.08. The second-order valence-electron chi connectivity index (χ2n) is 6.18. The smallest absolute Gasteiger partial charge is 0.214 e. The molecule has 25 heavy (non-hydrogen) atoms. The third kappa shape index (κ3) is 5.05. The maximum Gasteiger partial charge on any atom is 0.214 e. The van der Waals surface area contributed by atoms with Crippen LogP contribution in [0.5, 0.6) is 0 Å². The van der Waals surface area contributed by atoms with Crippen molar-refractivity contribution in [3.05, 3.63) is 70.7 Å². The largest absolute Gasteiger partial charge is 0.371 e. The van der Waals surface area contributed by atoms with Gasteiger partial charge in [0.2, 0.25) is 10.0 Å². The van der Waals surface area contributed by atoms with E-state index in [1.54, 1.807) is 10.4 Å². The summed E-state index contributed by atoms with van der Waals surface area (Å²) in [7, 11) is -3.28. The Morgan fingerprint density at radius 3 is 2.68 bits per heavy atom. The number of ether oxygens (including phenoxy) is 1. The van der Waals surface area contributed by atoms with E-state index >= 15 is 0 Å². The highest BCUT2D eigenvalue weighted by molar-refractivity contribution is 7.89. The zero-order valence-corrected chi connectivity index (χ0v) is 15.5. The van der Waals surface area contributed by atoms with Gasteiger partial charge in [-0.05, 0) is 36.1 Å². The van der Waals surface area contributed by atoms with Crippen LogP contribution in [0, 0.1) is 0 Å². The SMILES string of the molecule is O=S(=O)(CCCc1ccccc1)N1CCOC(c2cccc(Cl)c2)C1. The Kier molecular flexibility index (Phi) is 6.12. The van der Waals surface area contributed by atoms with E-state index in [9.17, 15) is 8.42 Å².